The maximum Gasteiger partial charge on any atom is 0.123 e. The van der Waals surface area contributed by atoms with Crippen molar-refractivity contribution >= 4 is 11.2 Å². The highest BCUT2D eigenvalue weighted by Crippen LogP contribution is 2.40. The van der Waals surface area contributed by atoms with Gasteiger partial charge in [-0.05, 0) is 85.5 Å². The first-order valence-corrected chi connectivity index (χ1v) is 9.81. The van der Waals surface area contributed by atoms with Crippen LogP contribution in [0.2, 0.25) is 0 Å². The highest BCUT2D eigenvalue weighted by molar-refractivity contribution is 5.61. The Balaban J connectivity index is 1.57. The van der Waals surface area contributed by atoms with Gasteiger partial charge in [0, 0.05) is 24.6 Å². The molecule has 1 atom stereocenters. The second kappa shape index (κ2) is 6.42. The minimum absolute atomic E-state index is 0.0706. The zero-order valence-corrected chi connectivity index (χ0v) is 15.0. The first kappa shape index (κ1) is 15.9. The Morgan fingerprint density at radius 3 is 2.88 bits per heavy atom. The number of aromatic nitrogens is 2. The molecule has 0 N–H and O–H groups in total. The van der Waals surface area contributed by atoms with Crippen molar-refractivity contribution in [1.82, 2.24) is 9.61 Å². The second-order valence-electron chi connectivity index (χ2n) is 7.63. The smallest absolute Gasteiger partial charge is 0.123 e. The molecule has 3 nitrogen and oxygen atoms in total. The number of hydrogen-bond acceptors (Lipinski definition) is 2. The molecule has 26 heavy (non-hydrogen) atoms. The maximum atomic E-state index is 14.4. The van der Waals surface area contributed by atoms with Gasteiger partial charge in [-0.2, -0.15) is 5.10 Å². The average Bonchev–Trinajstić information content (AvgIpc) is 3.25. The molecule has 1 aliphatic carbocycles. The third-order valence-electron chi connectivity index (χ3n) is 6.04. The van der Waals surface area contributed by atoms with E-state index in [0.717, 1.165) is 37.7 Å². The Hall–Kier alpha value is -2.36. The molecule has 1 aromatic carbocycles. The summed E-state index contributed by atoms with van der Waals surface area (Å²) in [7, 11) is 0. The van der Waals surface area contributed by atoms with Crippen molar-refractivity contribution in [2.45, 2.75) is 51.0 Å². The van der Waals surface area contributed by atoms with Crippen molar-refractivity contribution in [3.63, 3.8) is 0 Å². The fraction of sp³-hybridized carbons (Fsp3) is 0.409. The molecule has 1 fully saturated rings. The minimum atomic E-state index is -0.0706. The van der Waals surface area contributed by atoms with Crippen molar-refractivity contribution in [3.8, 4) is 0 Å². The van der Waals surface area contributed by atoms with Gasteiger partial charge < -0.3 is 4.90 Å². The van der Waals surface area contributed by atoms with Crippen LogP contribution in [0.4, 0.5) is 10.1 Å². The fourth-order valence-electron chi connectivity index (χ4n) is 4.82. The van der Waals surface area contributed by atoms with Crippen LogP contribution in [0, 0.1) is 5.82 Å². The molecule has 4 heteroatoms. The average molecular weight is 349 g/mol. The molecule has 2 aromatic heterocycles. The molecule has 0 radical (unpaired) electrons. The van der Waals surface area contributed by atoms with Crippen LogP contribution in [-0.4, -0.2) is 16.2 Å². The molecular formula is C22H24FN3. The first-order chi connectivity index (χ1) is 12.8. The lowest BCUT2D eigenvalue weighted by atomic mass is 9.91. The lowest BCUT2D eigenvalue weighted by molar-refractivity contribution is 0.613. The number of fused-ring (bicyclic) bond motifs is 2. The number of nitrogens with zero attached hydrogens (tertiary/aromatic N) is 3. The Labute approximate surface area is 153 Å². The van der Waals surface area contributed by atoms with E-state index in [0.29, 0.717) is 0 Å². The van der Waals surface area contributed by atoms with E-state index in [1.807, 2.05) is 29.0 Å². The molecular weight excluding hydrogens is 325 g/mol. The van der Waals surface area contributed by atoms with Gasteiger partial charge in [-0.3, -0.25) is 0 Å². The number of aryl methyl sites for hydroxylation is 1. The van der Waals surface area contributed by atoms with Crippen molar-refractivity contribution in [3.05, 3.63) is 65.2 Å². The molecule has 2 aliphatic rings. The second-order valence-corrected chi connectivity index (χ2v) is 7.63. The number of halogens is 1. The molecule has 3 heterocycles. The van der Waals surface area contributed by atoms with Gasteiger partial charge in [0.05, 0.1) is 11.6 Å². The summed E-state index contributed by atoms with van der Waals surface area (Å²) < 4.78 is 16.3. The lowest BCUT2D eigenvalue weighted by Crippen LogP contribution is -2.24. The molecule has 3 aromatic rings. The fourth-order valence-corrected chi connectivity index (χ4v) is 4.82. The third kappa shape index (κ3) is 2.68. The zero-order valence-electron chi connectivity index (χ0n) is 15.0. The van der Waals surface area contributed by atoms with Gasteiger partial charge >= 0.3 is 0 Å². The van der Waals surface area contributed by atoms with Crippen LogP contribution in [0.25, 0.3) is 5.52 Å². The molecule has 134 valence electrons. The van der Waals surface area contributed by atoms with Crippen LogP contribution >= 0.6 is 0 Å². The third-order valence-corrected chi connectivity index (χ3v) is 6.04. The quantitative estimate of drug-likeness (QED) is 0.601. The van der Waals surface area contributed by atoms with Gasteiger partial charge in [0.15, 0.2) is 0 Å². The Kier molecular flexibility index (Phi) is 3.92. The predicted octanol–water partition coefficient (Wildman–Crippen LogP) is 5.08. The highest BCUT2D eigenvalue weighted by Gasteiger charge is 2.30. The molecule has 1 aliphatic heterocycles. The monoisotopic (exact) mass is 349 g/mol. The van der Waals surface area contributed by atoms with Crippen LogP contribution in [0.5, 0.6) is 0 Å². The van der Waals surface area contributed by atoms with E-state index < -0.39 is 0 Å². The highest BCUT2D eigenvalue weighted by atomic mass is 19.1. The number of rotatable bonds is 2. The summed E-state index contributed by atoms with van der Waals surface area (Å²) in [5.74, 6) is -0.0706. The van der Waals surface area contributed by atoms with Gasteiger partial charge in [0.2, 0.25) is 0 Å². The van der Waals surface area contributed by atoms with Crippen LogP contribution in [0.15, 0.2) is 42.7 Å². The lowest BCUT2D eigenvalue weighted by Gasteiger charge is -2.29. The van der Waals surface area contributed by atoms with Crippen LogP contribution in [-0.2, 0) is 12.8 Å². The Morgan fingerprint density at radius 1 is 1.00 bits per heavy atom. The molecule has 0 amide bonds. The first-order valence-electron chi connectivity index (χ1n) is 9.81. The van der Waals surface area contributed by atoms with Gasteiger partial charge in [-0.1, -0.05) is 6.42 Å². The predicted molar refractivity (Wildman–Crippen MR) is 102 cm³/mol. The molecule has 0 spiro atoms. The molecule has 0 bridgehead atoms. The number of benzene rings is 1. The SMILES string of the molecule is Fc1cc2c(c(C3CCCN3c3ccn4nccc4c3)c1)CCCCC2. The van der Waals surface area contributed by atoms with E-state index in [9.17, 15) is 4.39 Å². The number of hydrogen-bond donors (Lipinski definition) is 0. The van der Waals surface area contributed by atoms with E-state index in [1.165, 1.54) is 41.6 Å². The van der Waals surface area contributed by atoms with Crippen LogP contribution < -0.4 is 4.90 Å². The summed E-state index contributed by atoms with van der Waals surface area (Å²) in [6.07, 6.45) is 11.9. The minimum Gasteiger partial charge on any atom is -0.364 e. The number of anilines is 1. The van der Waals surface area contributed by atoms with Gasteiger partial charge in [0.25, 0.3) is 0 Å². The summed E-state index contributed by atoms with van der Waals surface area (Å²) in [6.45, 7) is 1.03. The van der Waals surface area contributed by atoms with Gasteiger partial charge in [0.1, 0.15) is 5.82 Å². The van der Waals surface area contributed by atoms with E-state index in [1.54, 1.807) is 6.07 Å². The summed E-state index contributed by atoms with van der Waals surface area (Å²) in [5, 5.41) is 4.29. The summed E-state index contributed by atoms with van der Waals surface area (Å²) in [6, 6.07) is 10.2. The van der Waals surface area contributed by atoms with Gasteiger partial charge in [-0.15, -0.1) is 0 Å². The van der Waals surface area contributed by atoms with E-state index in [4.69, 9.17) is 0 Å². The maximum absolute atomic E-state index is 14.4. The molecule has 0 saturated carbocycles. The largest absolute Gasteiger partial charge is 0.364 e. The standard InChI is InChI=1S/C22H24FN3/c23-17-13-16-5-2-1-3-6-20(16)21(14-17)22-7-4-11-25(22)18-9-12-26-19(15-18)8-10-24-26/h8-10,12-15,22H,1-7,11H2. The number of pyridine rings is 1. The molecule has 1 unspecified atom stereocenters. The molecule has 5 rings (SSSR count). The van der Waals surface area contributed by atoms with Crippen molar-refractivity contribution < 1.29 is 4.39 Å². The van der Waals surface area contributed by atoms with Crippen molar-refractivity contribution in [2.24, 2.45) is 0 Å². The summed E-state index contributed by atoms with van der Waals surface area (Å²) in [4.78, 5) is 2.47. The van der Waals surface area contributed by atoms with Crippen LogP contribution in [0.1, 0.15) is 54.8 Å². The topological polar surface area (TPSA) is 20.5 Å². The summed E-state index contributed by atoms with van der Waals surface area (Å²) in [5.41, 5.74) is 6.22. The Morgan fingerprint density at radius 2 is 1.92 bits per heavy atom. The van der Waals surface area contributed by atoms with Crippen molar-refractivity contribution in [2.75, 3.05) is 11.4 Å². The molecule has 1 saturated heterocycles. The van der Waals surface area contributed by atoms with E-state index in [2.05, 4.69) is 22.1 Å². The van der Waals surface area contributed by atoms with E-state index in [-0.39, 0.29) is 11.9 Å². The normalized spacial score (nSPS) is 20.3. The van der Waals surface area contributed by atoms with Crippen LogP contribution in [0.3, 0.4) is 0 Å². The van der Waals surface area contributed by atoms with Gasteiger partial charge in [-0.25, -0.2) is 8.91 Å². The Bertz CT molecular complexity index is 946. The van der Waals surface area contributed by atoms with E-state index >= 15 is 0 Å². The zero-order chi connectivity index (χ0) is 17.5. The van der Waals surface area contributed by atoms with Crippen molar-refractivity contribution in [1.29, 1.82) is 0 Å². The summed E-state index contributed by atoms with van der Waals surface area (Å²) >= 11 is 0.